The molecule has 0 radical (unpaired) electrons. The highest BCUT2D eigenvalue weighted by molar-refractivity contribution is 5.75. The van der Waals surface area contributed by atoms with Crippen LogP contribution in [-0.4, -0.2) is 36.9 Å². The minimum atomic E-state index is 0.126. The van der Waals surface area contributed by atoms with Crippen LogP contribution in [0.3, 0.4) is 0 Å². The largest absolute Gasteiger partial charge is 0.396 e. The first-order chi connectivity index (χ1) is 8.72. The summed E-state index contributed by atoms with van der Waals surface area (Å²) in [4.78, 5) is 11.6. The van der Waals surface area contributed by atoms with Crippen LogP contribution >= 0.6 is 0 Å². The highest BCUT2D eigenvalue weighted by Gasteiger charge is 2.14. The third kappa shape index (κ3) is 6.97. The number of aliphatic hydroxyl groups is 1. The van der Waals surface area contributed by atoms with Crippen molar-refractivity contribution < 1.29 is 14.6 Å². The molecular formula is C14H27NO3. The standard InChI is InChI=1S/C14H27NO3/c1-12(11-16)5-4-9-15-14(17)8-7-13-6-2-3-10-18-13/h12-13,16H,2-11H2,1H3,(H,15,17). The van der Waals surface area contributed by atoms with Gasteiger partial charge in [0, 0.05) is 26.2 Å². The Balaban J connectivity index is 1.96. The Morgan fingerprint density at radius 3 is 3.00 bits per heavy atom. The van der Waals surface area contributed by atoms with Gasteiger partial charge in [-0.1, -0.05) is 6.92 Å². The number of hydrogen-bond acceptors (Lipinski definition) is 3. The molecule has 0 bridgehead atoms. The van der Waals surface area contributed by atoms with Crippen molar-refractivity contribution in [2.45, 2.75) is 58.0 Å². The average molecular weight is 257 g/mol. The van der Waals surface area contributed by atoms with Crippen molar-refractivity contribution in [3.05, 3.63) is 0 Å². The number of nitrogens with one attached hydrogen (secondary N) is 1. The van der Waals surface area contributed by atoms with E-state index in [0.29, 0.717) is 25.0 Å². The van der Waals surface area contributed by atoms with Crippen LogP contribution < -0.4 is 5.32 Å². The second kappa shape index (κ2) is 9.34. The zero-order valence-electron chi connectivity index (χ0n) is 11.5. The maximum Gasteiger partial charge on any atom is 0.220 e. The van der Waals surface area contributed by atoms with Gasteiger partial charge < -0.3 is 15.2 Å². The van der Waals surface area contributed by atoms with Gasteiger partial charge in [0.05, 0.1) is 6.10 Å². The Bertz CT molecular complexity index is 227. The van der Waals surface area contributed by atoms with Crippen molar-refractivity contribution in [3.8, 4) is 0 Å². The molecule has 1 saturated heterocycles. The van der Waals surface area contributed by atoms with E-state index in [0.717, 1.165) is 38.7 Å². The van der Waals surface area contributed by atoms with Gasteiger partial charge in [0.25, 0.3) is 0 Å². The van der Waals surface area contributed by atoms with Gasteiger partial charge in [0.2, 0.25) is 5.91 Å². The average Bonchev–Trinajstić information content (AvgIpc) is 2.42. The first kappa shape index (κ1) is 15.4. The summed E-state index contributed by atoms with van der Waals surface area (Å²) in [5, 5.41) is 11.8. The lowest BCUT2D eigenvalue weighted by Gasteiger charge is -2.22. The molecule has 1 rings (SSSR count). The second-order valence-corrected chi connectivity index (χ2v) is 5.31. The number of hydrogen-bond donors (Lipinski definition) is 2. The van der Waals surface area contributed by atoms with Gasteiger partial charge in [-0.2, -0.15) is 0 Å². The molecule has 106 valence electrons. The topological polar surface area (TPSA) is 58.6 Å². The van der Waals surface area contributed by atoms with Crippen LogP contribution in [0.25, 0.3) is 0 Å². The maximum atomic E-state index is 11.6. The molecule has 1 heterocycles. The molecular weight excluding hydrogens is 230 g/mol. The first-order valence-electron chi connectivity index (χ1n) is 7.21. The molecule has 0 aromatic rings. The van der Waals surface area contributed by atoms with Crippen LogP contribution in [0.15, 0.2) is 0 Å². The maximum absolute atomic E-state index is 11.6. The molecule has 0 saturated carbocycles. The normalized spacial score (nSPS) is 21.6. The number of ether oxygens (including phenoxy) is 1. The fourth-order valence-corrected chi connectivity index (χ4v) is 2.19. The van der Waals surface area contributed by atoms with E-state index in [2.05, 4.69) is 5.32 Å². The van der Waals surface area contributed by atoms with Crippen LogP contribution in [0.2, 0.25) is 0 Å². The summed E-state index contributed by atoms with van der Waals surface area (Å²) in [5.41, 5.74) is 0. The molecule has 2 atom stereocenters. The van der Waals surface area contributed by atoms with Gasteiger partial charge in [-0.05, 0) is 44.4 Å². The first-order valence-corrected chi connectivity index (χ1v) is 7.21. The molecule has 1 fully saturated rings. The van der Waals surface area contributed by atoms with Gasteiger partial charge in [-0.3, -0.25) is 4.79 Å². The van der Waals surface area contributed by atoms with Crippen LogP contribution in [-0.2, 0) is 9.53 Å². The van der Waals surface area contributed by atoms with Crippen LogP contribution in [0, 0.1) is 5.92 Å². The highest BCUT2D eigenvalue weighted by atomic mass is 16.5. The predicted molar refractivity (Wildman–Crippen MR) is 71.3 cm³/mol. The summed E-state index contributed by atoms with van der Waals surface area (Å²) >= 11 is 0. The van der Waals surface area contributed by atoms with E-state index in [1.165, 1.54) is 6.42 Å². The van der Waals surface area contributed by atoms with Gasteiger partial charge in [-0.15, -0.1) is 0 Å². The third-order valence-electron chi connectivity index (χ3n) is 3.47. The quantitative estimate of drug-likeness (QED) is 0.653. The van der Waals surface area contributed by atoms with E-state index in [1.807, 2.05) is 6.92 Å². The second-order valence-electron chi connectivity index (χ2n) is 5.31. The number of amides is 1. The molecule has 1 aliphatic heterocycles. The van der Waals surface area contributed by atoms with Crippen molar-refractivity contribution in [2.75, 3.05) is 19.8 Å². The summed E-state index contributed by atoms with van der Waals surface area (Å²) < 4.78 is 5.59. The molecule has 4 nitrogen and oxygen atoms in total. The molecule has 1 amide bonds. The smallest absolute Gasteiger partial charge is 0.220 e. The lowest BCUT2D eigenvalue weighted by Crippen LogP contribution is -2.27. The molecule has 4 heteroatoms. The van der Waals surface area contributed by atoms with Gasteiger partial charge in [0.1, 0.15) is 0 Å². The number of rotatable bonds is 8. The van der Waals surface area contributed by atoms with Gasteiger partial charge in [0.15, 0.2) is 0 Å². The van der Waals surface area contributed by atoms with Crippen molar-refractivity contribution in [1.29, 1.82) is 0 Å². The Morgan fingerprint density at radius 1 is 1.50 bits per heavy atom. The van der Waals surface area contributed by atoms with Crippen LogP contribution in [0.5, 0.6) is 0 Å². The fraction of sp³-hybridized carbons (Fsp3) is 0.929. The Morgan fingerprint density at radius 2 is 2.33 bits per heavy atom. The van der Waals surface area contributed by atoms with Crippen molar-refractivity contribution in [2.24, 2.45) is 5.92 Å². The Hall–Kier alpha value is -0.610. The van der Waals surface area contributed by atoms with E-state index in [9.17, 15) is 4.79 Å². The van der Waals surface area contributed by atoms with Crippen molar-refractivity contribution in [3.63, 3.8) is 0 Å². The van der Waals surface area contributed by atoms with Gasteiger partial charge in [-0.25, -0.2) is 0 Å². The third-order valence-corrected chi connectivity index (χ3v) is 3.47. The van der Waals surface area contributed by atoms with Crippen LogP contribution in [0.4, 0.5) is 0 Å². The predicted octanol–water partition coefficient (Wildman–Crippen LogP) is 1.86. The van der Waals surface area contributed by atoms with Gasteiger partial charge >= 0.3 is 0 Å². The van der Waals surface area contributed by atoms with E-state index >= 15 is 0 Å². The lowest BCUT2D eigenvalue weighted by molar-refractivity contribution is -0.122. The molecule has 2 N–H and O–H groups in total. The Labute approximate surface area is 110 Å². The summed E-state index contributed by atoms with van der Waals surface area (Å²) in [5.74, 6) is 0.457. The van der Waals surface area contributed by atoms with E-state index in [1.54, 1.807) is 0 Å². The monoisotopic (exact) mass is 257 g/mol. The summed E-state index contributed by atoms with van der Waals surface area (Å²) in [6.07, 6.45) is 7.09. The molecule has 1 aliphatic rings. The number of aliphatic hydroxyl groups excluding tert-OH is 1. The van der Waals surface area contributed by atoms with E-state index < -0.39 is 0 Å². The molecule has 2 unspecified atom stereocenters. The highest BCUT2D eigenvalue weighted by Crippen LogP contribution is 2.16. The molecule has 0 aromatic heterocycles. The molecule has 0 aromatic carbocycles. The Kier molecular flexibility index (Phi) is 8.01. The molecule has 0 spiro atoms. The minimum absolute atomic E-state index is 0.126. The van der Waals surface area contributed by atoms with Crippen molar-refractivity contribution in [1.82, 2.24) is 5.32 Å². The molecule has 0 aliphatic carbocycles. The summed E-state index contributed by atoms with van der Waals surface area (Å²) in [7, 11) is 0. The summed E-state index contributed by atoms with van der Waals surface area (Å²) in [6.45, 7) is 3.81. The SMILES string of the molecule is CC(CO)CCCNC(=O)CCC1CCCCO1. The zero-order valence-corrected chi connectivity index (χ0v) is 11.5. The van der Waals surface area contributed by atoms with Crippen LogP contribution in [0.1, 0.15) is 51.9 Å². The fourth-order valence-electron chi connectivity index (χ4n) is 2.19. The van der Waals surface area contributed by atoms with E-state index in [-0.39, 0.29) is 12.5 Å². The van der Waals surface area contributed by atoms with Crippen molar-refractivity contribution >= 4 is 5.91 Å². The minimum Gasteiger partial charge on any atom is -0.396 e. The van der Waals surface area contributed by atoms with E-state index in [4.69, 9.17) is 9.84 Å². The number of carbonyl (C=O) groups is 1. The zero-order chi connectivity index (χ0) is 13.2. The number of carbonyl (C=O) groups excluding carboxylic acids is 1. The molecule has 18 heavy (non-hydrogen) atoms. The summed E-state index contributed by atoms with van der Waals surface area (Å²) in [6, 6.07) is 0. The lowest BCUT2D eigenvalue weighted by atomic mass is 10.0.